The van der Waals surface area contributed by atoms with E-state index in [4.69, 9.17) is 4.84 Å². The summed E-state index contributed by atoms with van der Waals surface area (Å²) in [7, 11) is 6.42. The zero-order chi connectivity index (χ0) is 13.4. The quantitative estimate of drug-likeness (QED) is 0.653. The van der Waals surface area contributed by atoms with Gasteiger partial charge in [-0.2, -0.15) is 0 Å². The molecule has 1 heterocycles. The largest absolute Gasteiger partial charge is 0.391 e. The van der Waals surface area contributed by atoms with Crippen LogP contribution in [0.4, 0.5) is 0 Å². The van der Waals surface area contributed by atoms with E-state index >= 15 is 0 Å². The molecule has 0 aromatic heterocycles. The first kappa shape index (κ1) is 16.2. The molecule has 0 aromatic rings. The molecule has 0 aliphatic carbocycles. The first-order chi connectivity index (χ1) is 7.59. The molecule has 6 unspecified atom stereocenters. The number of hydrogen-bond donors (Lipinski definition) is 0. The lowest BCUT2D eigenvalue weighted by atomic mass is 9.70. The highest BCUT2D eigenvalue weighted by Crippen LogP contribution is 2.70. The Hall–Kier alpha value is 1.19. The Morgan fingerprint density at radius 2 is 1.71 bits per heavy atom. The Morgan fingerprint density at radius 1 is 1.18 bits per heavy atom. The van der Waals surface area contributed by atoms with Crippen LogP contribution >= 0.6 is 33.1 Å². The highest BCUT2D eigenvalue weighted by Gasteiger charge is 2.48. The van der Waals surface area contributed by atoms with Crippen LogP contribution in [-0.2, 0) is 4.84 Å². The first-order valence-electron chi connectivity index (χ1n) is 5.84. The summed E-state index contributed by atoms with van der Waals surface area (Å²) >= 11 is 0. The third-order valence-electron chi connectivity index (χ3n) is 3.01. The summed E-state index contributed by atoms with van der Waals surface area (Å²) in [5, 5.41) is 4.42. The third kappa shape index (κ3) is 3.83. The van der Waals surface area contributed by atoms with Gasteiger partial charge in [-0.1, -0.05) is 54.7 Å². The van der Waals surface area contributed by atoms with Crippen molar-refractivity contribution in [3.05, 3.63) is 0 Å². The lowest BCUT2D eigenvalue weighted by Gasteiger charge is -2.38. The van der Waals surface area contributed by atoms with Crippen LogP contribution in [0.2, 0.25) is 0 Å². The molecule has 100 valence electrons. The van der Waals surface area contributed by atoms with E-state index in [2.05, 4.69) is 64.6 Å². The van der Waals surface area contributed by atoms with Crippen LogP contribution in [0.3, 0.4) is 0 Å². The lowest BCUT2D eigenvalue weighted by Crippen LogP contribution is -2.41. The van der Waals surface area contributed by atoms with E-state index in [1.165, 1.54) is 5.45 Å². The number of oxime groups is 1. The second-order valence-electron chi connectivity index (χ2n) is 6.68. The van der Waals surface area contributed by atoms with Gasteiger partial charge in [-0.05, 0) is 12.7 Å². The molecule has 0 radical (unpaired) electrons. The molecule has 0 saturated carbocycles. The highest BCUT2D eigenvalue weighted by atomic mass is 32.6. The van der Waals surface area contributed by atoms with E-state index in [1.807, 2.05) is 0 Å². The Labute approximate surface area is 113 Å². The van der Waals surface area contributed by atoms with Crippen LogP contribution < -0.4 is 0 Å². The van der Waals surface area contributed by atoms with Gasteiger partial charge in [0.05, 0.1) is 11.4 Å². The molecular weight excluding hydrogens is 286 g/mol. The van der Waals surface area contributed by atoms with Gasteiger partial charge in [-0.3, -0.25) is 0 Å². The van der Waals surface area contributed by atoms with Gasteiger partial charge in [0.25, 0.3) is 0 Å². The van der Waals surface area contributed by atoms with Crippen LogP contribution in [-0.4, -0.2) is 11.6 Å². The van der Waals surface area contributed by atoms with E-state index in [0.717, 1.165) is 7.96 Å². The van der Waals surface area contributed by atoms with Gasteiger partial charge >= 0.3 is 0 Å². The van der Waals surface area contributed by atoms with Crippen molar-refractivity contribution in [2.24, 2.45) is 21.9 Å². The van der Waals surface area contributed by atoms with Gasteiger partial charge in [-0.15, -0.1) is 17.9 Å². The fourth-order valence-electron chi connectivity index (χ4n) is 2.12. The average Bonchev–Trinajstić information content (AvgIpc) is 2.59. The van der Waals surface area contributed by atoms with Crippen molar-refractivity contribution in [2.75, 3.05) is 0 Å². The fourth-order valence-corrected chi connectivity index (χ4v) is 5.96. The molecule has 1 aliphatic rings. The zero-order valence-electron chi connectivity index (χ0n) is 11.6. The highest BCUT2D eigenvalue weighted by molar-refractivity contribution is 8.66. The Balaban J connectivity index is 3.04. The summed E-state index contributed by atoms with van der Waals surface area (Å²) in [4.78, 5) is 5.78. The maximum atomic E-state index is 5.78. The minimum atomic E-state index is -0.224. The van der Waals surface area contributed by atoms with E-state index < -0.39 is 0 Å². The van der Waals surface area contributed by atoms with Crippen LogP contribution in [0, 0.1) is 16.7 Å². The van der Waals surface area contributed by atoms with Gasteiger partial charge in [0.2, 0.25) is 0 Å². The number of hydrogen-bond acceptors (Lipinski definition) is 2. The summed E-state index contributed by atoms with van der Waals surface area (Å²) in [6.45, 7) is 13.6. The van der Waals surface area contributed by atoms with E-state index in [1.54, 1.807) is 0 Å². The van der Waals surface area contributed by atoms with Crippen LogP contribution in [0.25, 0.3) is 0 Å². The molecule has 6 heteroatoms. The molecule has 0 aromatic carbocycles. The second kappa shape index (κ2) is 5.67. The minimum absolute atomic E-state index is 0.133. The minimum Gasteiger partial charge on any atom is -0.391 e. The Bertz CT molecular complexity index is 306. The molecule has 0 N–H and O–H groups in total. The molecular formula is C11H25NOP4. The zero-order valence-corrected chi connectivity index (χ0v) is 15.8. The van der Waals surface area contributed by atoms with Crippen molar-refractivity contribution < 1.29 is 4.84 Å². The molecule has 1 aliphatic heterocycles. The summed E-state index contributed by atoms with van der Waals surface area (Å²) in [5.74, 6) is 0.430. The number of rotatable bonds is 2. The molecule has 0 saturated heterocycles. The van der Waals surface area contributed by atoms with Gasteiger partial charge in [-0.25, -0.2) is 0 Å². The van der Waals surface area contributed by atoms with Crippen LogP contribution in [0.5, 0.6) is 0 Å². The van der Waals surface area contributed by atoms with E-state index in [9.17, 15) is 0 Å². The average molecular weight is 311 g/mol. The lowest BCUT2D eigenvalue weighted by molar-refractivity contribution is -0.0366. The van der Waals surface area contributed by atoms with Crippen molar-refractivity contribution in [2.45, 2.75) is 47.6 Å². The summed E-state index contributed by atoms with van der Waals surface area (Å²) < 4.78 is 0. The molecule has 0 fully saturated rings. The van der Waals surface area contributed by atoms with Gasteiger partial charge in [0.1, 0.15) is 6.10 Å². The van der Waals surface area contributed by atoms with Crippen molar-refractivity contribution in [3.63, 3.8) is 0 Å². The van der Waals surface area contributed by atoms with Crippen molar-refractivity contribution in [1.82, 2.24) is 0 Å². The molecule has 0 spiro atoms. The van der Waals surface area contributed by atoms with Crippen LogP contribution in [0.1, 0.15) is 41.5 Å². The molecule has 1 rings (SSSR count). The Kier molecular flexibility index (Phi) is 5.42. The number of nitrogens with zero attached hydrogens (tertiary/aromatic N) is 1. The van der Waals surface area contributed by atoms with Crippen molar-refractivity contribution >= 4 is 38.6 Å². The smallest absolute Gasteiger partial charge is 0.141 e. The maximum absolute atomic E-state index is 5.78. The molecule has 6 atom stereocenters. The monoisotopic (exact) mass is 311 g/mol. The third-order valence-corrected chi connectivity index (χ3v) is 13.0. The standard InChI is InChI=1S/C11H25NOP4/c1-10(2,3)7-8(11(4,5)6)13-12-9(7)17(15)16-14/h7-8,16H,14-15H2,1-6H3. The molecule has 0 amide bonds. The molecule has 2 nitrogen and oxygen atoms in total. The van der Waals surface area contributed by atoms with Gasteiger partial charge in [0, 0.05) is 5.41 Å². The van der Waals surface area contributed by atoms with Gasteiger partial charge in [0.15, 0.2) is 0 Å². The predicted molar refractivity (Wildman–Crippen MR) is 89.4 cm³/mol. The van der Waals surface area contributed by atoms with Gasteiger partial charge < -0.3 is 4.84 Å². The summed E-state index contributed by atoms with van der Waals surface area (Å²) in [6, 6.07) is 0. The molecule has 0 bridgehead atoms. The summed E-state index contributed by atoms with van der Waals surface area (Å²) in [6.07, 6.45) is 0.199. The Morgan fingerprint density at radius 3 is 2.06 bits per heavy atom. The SMILES string of the molecule is CC(C)(C)C1ON=C(P(P)PP)C1C(C)(C)C. The maximum Gasteiger partial charge on any atom is 0.141 e. The van der Waals surface area contributed by atoms with Crippen molar-refractivity contribution in [1.29, 1.82) is 0 Å². The first-order valence-corrected chi connectivity index (χ1v) is 12.4. The van der Waals surface area contributed by atoms with Crippen molar-refractivity contribution in [3.8, 4) is 0 Å². The van der Waals surface area contributed by atoms with Crippen LogP contribution in [0.15, 0.2) is 5.16 Å². The summed E-state index contributed by atoms with van der Waals surface area (Å²) in [5.41, 5.74) is 1.62. The predicted octanol–water partition coefficient (Wildman–Crippen LogP) is 5.06. The topological polar surface area (TPSA) is 21.6 Å². The molecule has 17 heavy (non-hydrogen) atoms. The van der Waals surface area contributed by atoms with E-state index in [-0.39, 0.29) is 24.2 Å². The van der Waals surface area contributed by atoms with E-state index in [0.29, 0.717) is 5.92 Å². The second-order valence-corrected chi connectivity index (χ2v) is 15.8. The fraction of sp³-hybridized carbons (Fsp3) is 0.909. The normalized spacial score (nSPS) is 28.4.